The smallest absolute Gasteiger partial charge is 0.110 e. The lowest BCUT2D eigenvalue weighted by Gasteiger charge is -2.03. The summed E-state index contributed by atoms with van der Waals surface area (Å²) in [7, 11) is 0. The van der Waals surface area contributed by atoms with E-state index in [0.717, 1.165) is 23.4 Å². The van der Waals surface area contributed by atoms with Crippen molar-refractivity contribution in [1.29, 1.82) is 5.26 Å². The van der Waals surface area contributed by atoms with Crippen molar-refractivity contribution < 1.29 is 0 Å². The number of H-pyrrole nitrogens is 1. The van der Waals surface area contributed by atoms with Crippen molar-refractivity contribution in [2.75, 3.05) is 0 Å². The monoisotopic (exact) mass is 267 g/mol. The van der Waals surface area contributed by atoms with Crippen molar-refractivity contribution in [3.05, 3.63) is 53.1 Å². The minimum absolute atomic E-state index is 0. The minimum atomic E-state index is 0. The first kappa shape index (κ1) is 13.6. The van der Waals surface area contributed by atoms with Gasteiger partial charge in [0.05, 0.1) is 11.6 Å². The highest BCUT2D eigenvalue weighted by molar-refractivity contribution is 6.17. The molecule has 0 saturated heterocycles. The van der Waals surface area contributed by atoms with Crippen LogP contribution in [0.3, 0.4) is 0 Å². The molecule has 1 N–H and O–H groups in total. The Balaban J connectivity index is 0.00000144. The average molecular weight is 268 g/mol. The minimum Gasteiger partial charge on any atom is -0.348 e. The largest absolute Gasteiger partial charge is 0.348 e. The molecule has 17 heavy (non-hydrogen) atoms. The highest BCUT2D eigenvalue weighted by atomic mass is 35.5. The molecule has 0 aliphatic carbocycles. The molecule has 0 aliphatic rings. The van der Waals surface area contributed by atoms with Crippen molar-refractivity contribution in [3.63, 3.8) is 0 Å². The van der Waals surface area contributed by atoms with E-state index in [1.807, 2.05) is 12.1 Å². The summed E-state index contributed by atoms with van der Waals surface area (Å²) in [5.74, 6) is 1.26. The molecule has 1 heterocycles. The van der Waals surface area contributed by atoms with E-state index in [0.29, 0.717) is 11.4 Å². The topological polar surface area (TPSA) is 52.5 Å². The van der Waals surface area contributed by atoms with Gasteiger partial charge in [-0.25, -0.2) is 4.98 Å². The lowest BCUT2D eigenvalue weighted by Crippen LogP contribution is -1.94. The lowest BCUT2D eigenvalue weighted by atomic mass is 10.0. The van der Waals surface area contributed by atoms with Crippen LogP contribution in [-0.2, 0) is 12.3 Å². The number of nitrogens with one attached hydrogen (secondary N) is 1. The molecule has 0 unspecified atom stereocenters. The summed E-state index contributed by atoms with van der Waals surface area (Å²) in [4.78, 5) is 7.20. The molecule has 2 aromatic rings. The fraction of sp³-hybridized carbons (Fsp3) is 0.167. The van der Waals surface area contributed by atoms with Gasteiger partial charge in [-0.3, -0.25) is 0 Å². The van der Waals surface area contributed by atoms with Gasteiger partial charge >= 0.3 is 0 Å². The Hall–Kier alpha value is -1.50. The van der Waals surface area contributed by atoms with E-state index in [4.69, 9.17) is 16.9 Å². The predicted octanol–water partition coefficient (Wildman–Crippen LogP) is 3.03. The Morgan fingerprint density at radius 2 is 2.24 bits per heavy atom. The summed E-state index contributed by atoms with van der Waals surface area (Å²) in [5, 5.41) is 8.87. The fourth-order valence-electron chi connectivity index (χ4n) is 1.56. The molecule has 0 radical (unpaired) electrons. The fourth-order valence-corrected chi connectivity index (χ4v) is 1.79. The van der Waals surface area contributed by atoms with Gasteiger partial charge < -0.3 is 4.98 Å². The maximum atomic E-state index is 8.87. The highest BCUT2D eigenvalue weighted by Gasteiger charge is 2.04. The Kier molecular flexibility index (Phi) is 5.02. The van der Waals surface area contributed by atoms with Crippen LogP contribution in [0.1, 0.15) is 22.5 Å². The standard InChI is InChI=1S/C12H10ClN3.ClH/c13-7-11-5-9(1-2-10(11)8-14)6-12-15-3-4-16-12;/h1-5H,6-7H2,(H,15,16);1H. The Bertz CT molecular complexity index is 515. The van der Waals surface area contributed by atoms with E-state index in [1.165, 1.54) is 0 Å². The van der Waals surface area contributed by atoms with Crippen LogP contribution in [0, 0.1) is 11.3 Å². The number of halogens is 2. The normalized spacial score (nSPS) is 9.41. The third-order valence-electron chi connectivity index (χ3n) is 2.36. The molecule has 0 amide bonds. The molecule has 5 heteroatoms. The number of rotatable bonds is 3. The maximum absolute atomic E-state index is 8.87. The first-order valence-electron chi connectivity index (χ1n) is 4.89. The molecule has 2 rings (SSSR count). The number of nitriles is 1. The second-order valence-electron chi connectivity index (χ2n) is 3.45. The summed E-state index contributed by atoms with van der Waals surface area (Å²) in [6, 6.07) is 7.81. The summed E-state index contributed by atoms with van der Waals surface area (Å²) < 4.78 is 0. The first-order valence-corrected chi connectivity index (χ1v) is 5.43. The Morgan fingerprint density at radius 1 is 1.41 bits per heavy atom. The number of imidazole rings is 1. The van der Waals surface area contributed by atoms with Crippen molar-refractivity contribution in [2.24, 2.45) is 0 Å². The van der Waals surface area contributed by atoms with Crippen molar-refractivity contribution in [3.8, 4) is 6.07 Å². The lowest BCUT2D eigenvalue weighted by molar-refractivity contribution is 1.02. The van der Waals surface area contributed by atoms with Gasteiger partial charge in [-0.2, -0.15) is 5.26 Å². The van der Waals surface area contributed by atoms with Gasteiger partial charge in [-0.1, -0.05) is 12.1 Å². The van der Waals surface area contributed by atoms with E-state index in [1.54, 1.807) is 18.5 Å². The molecule has 1 aromatic heterocycles. The Morgan fingerprint density at radius 3 is 2.82 bits per heavy atom. The van der Waals surface area contributed by atoms with Gasteiger partial charge in [-0.15, -0.1) is 24.0 Å². The van der Waals surface area contributed by atoms with Crippen LogP contribution in [0.15, 0.2) is 30.6 Å². The van der Waals surface area contributed by atoms with Crippen LogP contribution < -0.4 is 0 Å². The number of hydrogen-bond acceptors (Lipinski definition) is 2. The number of hydrogen-bond donors (Lipinski definition) is 1. The molecule has 0 bridgehead atoms. The summed E-state index contributed by atoms with van der Waals surface area (Å²) in [5.41, 5.74) is 2.61. The second-order valence-corrected chi connectivity index (χ2v) is 3.72. The van der Waals surface area contributed by atoms with E-state index < -0.39 is 0 Å². The number of nitrogens with zero attached hydrogens (tertiary/aromatic N) is 2. The van der Waals surface area contributed by atoms with Crippen LogP contribution in [0.25, 0.3) is 0 Å². The van der Waals surface area contributed by atoms with Crippen molar-refractivity contribution in [2.45, 2.75) is 12.3 Å². The Labute approximate surface area is 111 Å². The third-order valence-corrected chi connectivity index (χ3v) is 2.65. The van der Waals surface area contributed by atoms with Crippen molar-refractivity contribution in [1.82, 2.24) is 9.97 Å². The summed E-state index contributed by atoms with van der Waals surface area (Å²) in [6.07, 6.45) is 4.24. The molecule has 0 spiro atoms. The molecule has 0 aliphatic heterocycles. The molecule has 0 fully saturated rings. The maximum Gasteiger partial charge on any atom is 0.110 e. The van der Waals surface area contributed by atoms with Gasteiger partial charge in [0.25, 0.3) is 0 Å². The number of aromatic amines is 1. The molecular formula is C12H11Cl2N3. The molecule has 1 aromatic carbocycles. The average Bonchev–Trinajstić information content (AvgIpc) is 2.81. The van der Waals surface area contributed by atoms with E-state index >= 15 is 0 Å². The third kappa shape index (κ3) is 3.23. The van der Waals surface area contributed by atoms with E-state index in [9.17, 15) is 0 Å². The SMILES string of the molecule is Cl.N#Cc1ccc(Cc2ncc[nH]2)cc1CCl. The van der Waals surface area contributed by atoms with Gasteiger partial charge in [0, 0.05) is 24.7 Å². The van der Waals surface area contributed by atoms with Gasteiger partial charge in [-0.05, 0) is 17.2 Å². The second kappa shape index (κ2) is 6.29. The number of aromatic nitrogens is 2. The van der Waals surface area contributed by atoms with Crippen LogP contribution in [0.5, 0.6) is 0 Å². The molecule has 0 atom stereocenters. The van der Waals surface area contributed by atoms with Crippen LogP contribution in [-0.4, -0.2) is 9.97 Å². The molecule has 3 nitrogen and oxygen atoms in total. The van der Waals surface area contributed by atoms with Crippen LogP contribution >= 0.6 is 24.0 Å². The van der Waals surface area contributed by atoms with Gasteiger partial charge in [0.15, 0.2) is 0 Å². The van der Waals surface area contributed by atoms with E-state index in [2.05, 4.69) is 16.0 Å². The molecular weight excluding hydrogens is 257 g/mol. The van der Waals surface area contributed by atoms with Crippen LogP contribution in [0.2, 0.25) is 0 Å². The first-order chi connectivity index (χ1) is 7.83. The van der Waals surface area contributed by atoms with Crippen molar-refractivity contribution >= 4 is 24.0 Å². The summed E-state index contributed by atoms with van der Waals surface area (Å²) >= 11 is 5.79. The molecule has 0 saturated carbocycles. The number of benzene rings is 1. The zero-order valence-corrected chi connectivity index (χ0v) is 10.6. The highest BCUT2D eigenvalue weighted by Crippen LogP contribution is 2.15. The summed E-state index contributed by atoms with van der Waals surface area (Å²) in [6.45, 7) is 0. The number of alkyl halides is 1. The van der Waals surface area contributed by atoms with E-state index in [-0.39, 0.29) is 12.4 Å². The molecule has 88 valence electrons. The van der Waals surface area contributed by atoms with Crippen LogP contribution in [0.4, 0.5) is 0 Å². The zero-order valence-electron chi connectivity index (χ0n) is 8.98. The van der Waals surface area contributed by atoms with Gasteiger partial charge in [0.1, 0.15) is 5.82 Å². The quantitative estimate of drug-likeness (QED) is 0.870. The zero-order chi connectivity index (χ0) is 11.4. The predicted molar refractivity (Wildman–Crippen MR) is 69.4 cm³/mol. The van der Waals surface area contributed by atoms with Gasteiger partial charge in [0.2, 0.25) is 0 Å².